The van der Waals surface area contributed by atoms with Gasteiger partial charge in [-0.25, -0.2) is 0 Å². The van der Waals surface area contributed by atoms with Crippen molar-refractivity contribution in [2.24, 2.45) is 0 Å². The molecule has 0 aliphatic rings. The molecule has 6 nitrogen and oxygen atoms in total. The third kappa shape index (κ3) is 6.34. The highest BCUT2D eigenvalue weighted by Crippen LogP contribution is 2.23. The number of benzene rings is 3. The Balaban J connectivity index is 1.59. The molecule has 0 saturated carbocycles. The normalized spacial score (nSPS) is 10.3. The lowest BCUT2D eigenvalue weighted by atomic mass is 10.1. The Morgan fingerprint density at radius 3 is 2.29 bits per heavy atom. The van der Waals surface area contributed by atoms with Crippen molar-refractivity contribution in [3.8, 4) is 5.75 Å². The van der Waals surface area contributed by atoms with E-state index in [0.29, 0.717) is 35.8 Å². The number of rotatable bonds is 9. The number of hydrogen-bond donors (Lipinski definition) is 3. The Bertz CT molecular complexity index is 1030. The first-order valence-corrected chi connectivity index (χ1v) is 10.2. The summed E-state index contributed by atoms with van der Waals surface area (Å²) >= 11 is 0. The van der Waals surface area contributed by atoms with E-state index in [-0.39, 0.29) is 18.4 Å². The Morgan fingerprint density at radius 1 is 0.871 bits per heavy atom. The van der Waals surface area contributed by atoms with Gasteiger partial charge in [-0.1, -0.05) is 54.1 Å². The Hall–Kier alpha value is -3.80. The summed E-state index contributed by atoms with van der Waals surface area (Å²) in [5.74, 6) is 0.182. The number of ether oxygens (including phenoxy) is 1. The molecule has 3 aromatic carbocycles. The molecular formula is C25H27N3O3. The van der Waals surface area contributed by atoms with Gasteiger partial charge in [0.25, 0.3) is 5.91 Å². The Kier molecular flexibility index (Phi) is 7.65. The molecule has 3 aromatic rings. The molecule has 2 amide bonds. The van der Waals surface area contributed by atoms with Crippen LogP contribution in [0.25, 0.3) is 0 Å². The number of carbonyl (C=O) groups is 2. The molecule has 0 fully saturated rings. The van der Waals surface area contributed by atoms with E-state index in [1.807, 2.05) is 56.3 Å². The average molecular weight is 418 g/mol. The van der Waals surface area contributed by atoms with Crippen LogP contribution in [0.3, 0.4) is 0 Å². The SMILES string of the molecule is CCOc1ccccc1NC(=O)CNc1ccccc1C(=O)NCc1ccc(C)cc1. The monoisotopic (exact) mass is 417 g/mol. The maximum atomic E-state index is 12.7. The van der Waals surface area contributed by atoms with E-state index in [0.717, 1.165) is 5.56 Å². The van der Waals surface area contributed by atoms with Gasteiger partial charge in [0.05, 0.1) is 24.4 Å². The van der Waals surface area contributed by atoms with Crippen LogP contribution in [0.4, 0.5) is 11.4 Å². The van der Waals surface area contributed by atoms with Crippen molar-refractivity contribution in [1.82, 2.24) is 5.32 Å². The maximum absolute atomic E-state index is 12.7. The smallest absolute Gasteiger partial charge is 0.253 e. The molecule has 31 heavy (non-hydrogen) atoms. The maximum Gasteiger partial charge on any atom is 0.253 e. The molecule has 160 valence electrons. The highest BCUT2D eigenvalue weighted by Gasteiger charge is 2.12. The molecule has 3 N–H and O–H groups in total. The van der Waals surface area contributed by atoms with Gasteiger partial charge in [0, 0.05) is 12.2 Å². The number of aryl methyl sites for hydroxylation is 1. The minimum absolute atomic E-state index is 0.0166. The zero-order valence-electron chi connectivity index (χ0n) is 17.8. The molecule has 0 spiro atoms. The molecule has 0 aliphatic heterocycles. The fourth-order valence-corrected chi connectivity index (χ4v) is 3.04. The van der Waals surface area contributed by atoms with Gasteiger partial charge in [-0.05, 0) is 43.7 Å². The fourth-order valence-electron chi connectivity index (χ4n) is 3.04. The molecule has 0 unspecified atom stereocenters. The third-order valence-corrected chi connectivity index (χ3v) is 4.65. The number of carbonyl (C=O) groups excluding carboxylic acids is 2. The summed E-state index contributed by atoms with van der Waals surface area (Å²) in [4.78, 5) is 25.1. The molecule has 0 bridgehead atoms. The molecule has 0 radical (unpaired) electrons. The number of hydrogen-bond acceptors (Lipinski definition) is 4. The van der Waals surface area contributed by atoms with Gasteiger partial charge in [-0.3, -0.25) is 9.59 Å². The quantitative estimate of drug-likeness (QED) is 0.483. The van der Waals surface area contributed by atoms with E-state index < -0.39 is 0 Å². The first-order valence-electron chi connectivity index (χ1n) is 10.2. The van der Waals surface area contributed by atoms with Crippen LogP contribution in [0, 0.1) is 6.92 Å². The van der Waals surface area contributed by atoms with Crippen LogP contribution in [0.15, 0.2) is 72.8 Å². The predicted molar refractivity (Wildman–Crippen MR) is 124 cm³/mol. The zero-order valence-corrected chi connectivity index (χ0v) is 17.8. The van der Waals surface area contributed by atoms with E-state index in [4.69, 9.17) is 4.74 Å². The van der Waals surface area contributed by atoms with Crippen molar-refractivity contribution in [3.05, 3.63) is 89.5 Å². The lowest BCUT2D eigenvalue weighted by Gasteiger charge is -2.14. The van der Waals surface area contributed by atoms with Gasteiger partial charge in [-0.2, -0.15) is 0 Å². The molecule has 6 heteroatoms. The van der Waals surface area contributed by atoms with E-state index in [1.165, 1.54) is 5.56 Å². The molecule has 3 rings (SSSR count). The van der Waals surface area contributed by atoms with Crippen molar-refractivity contribution in [2.75, 3.05) is 23.8 Å². The van der Waals surface area contributed by atoms with Crippen LogP contribution in [0.1, 0.15) is 28.4 Å². The fraction of sp³-hybridized carbons (Fsp3) is 0.200. The van der Waals surface area contributed by atoms with Crippen molar-refractivity contribution < 1.29 is 14.3 Å². The lowest BCUT2D eigenvalue weighted by Crippen LogP contribution is -2.26. The topological polar surface area (TPSA) is 79.5 Å². The molecule has 0 saturated heterocycles. The van der Waals surface area contributed by atoms with Crippen LogP contribution in [-0.4, -0.2) is 25.0 Å². The second kappa shape index (κ2) is 10.8. The molecule has 0 heterocycles. The van der Waals surface area contributed by atoms with Crippen LogP contribution in [0.5, 0.6) is 5.75 Å². The van der Waals surface area contributed by atoms with Gasteiger partial charge < -0.3 is 20.7 Å². The van der Waals surface area contributed by atoms with Crippen molar-refractivity contribution in [1.29, 1.82) is 0 Å². The molecule has 0 aromatic heterocycles. The van der Waals surface area contributed by atoms with Crippen LogP contribution >= 0.6 is 0 Å². The van der Waals surface area contributed by atoms with Crippen molar-refractivity contribution in [3.63, 3.8) is 0 Å². The van der Waals surface area contributed by atoms with Gasteiger partial charge in [-0.15, -0.1) is 0 Å². The molecule has 0 aliphatic carbocycles. The highest BCUT2D eigenvalue weighted by molar-refractivity contribution is 6.01. The van der Waals surface area contributed by atoms with Gasteiger partial charge in [0.2, 0.25) is 5.91 Å². The number of para-hydroxylation sites is 3. The highest BCUT2D eigenvalue weighted by atomic mass is 16.5. The van der Waals surface area contributed by atoms with Gasteiger partial charge in [0.15, 0.2) is 0 Å². The molecule has 0 atom stereocenters. The number of anilines is 2. The number of nitrogens with one attached hydrogen (secondary N) is 3. The van der Waals surface area contributed by atoms with E-state index in [1.54, 1.807) is 30.3 Å². The van der Waals surface area contributed by atoms with E-state index >= 15 is 0 Å². The van der Waals surface area contributed by atoms with Crippen molar-refractivity contribution >= 4 is 23.2 Å². The summed E-state index contributed by atoms with van der Waals surface area (Å²) in [6, 6.07) is 22.4. The standard InChI is InChI=1S/C25H27N3O3/c1-3-31-23-11-7-6-10-22(23)28-24(29)17-26-21-9-5-4-8-20(21)25(30)27-16-19-14-12-18(2)13-15-19/h4-15,26H,3,16-17H2,1-2H3,(H,27,30)(H,28,29). The minimum Gasteiger partial charge on any atom is -0.492 e. The first-order chi connectivity index (χ1) is 15.1. The van der Waals surface area contributed by atoms with E-state index in [9.17, 15) is 9.59 Å². The zero-order chi connectivity index (χ0) is 22.1. The summed E-state index contributed by atoms with van der Waals surface area (Å²) in [7, 11) is 0. The Morgan fingerprint density at radius 2 is 1.55 bits per heavy atom. The minimum atomic E-state index is -0.234. The predicted octanol–water partition coefficient (Wildman–Crippen LogP) is 4.37. The summed E-state index contributed by atoms with van der Waals surface area (Å²) in [5.41, 5.74) is 3.89. The van der Waals surface area contributed by atoms with E-state index in [2.05, 4.69) is 16.0 Å². The summed E-state index contributed by atoms with van der Waals surface area (Å²) < 4.78 is 5.53. The third-order valence-electron chi connectivity index (χ3n) is 4.65. The first kappa shape index (κ1) is 21.9. The second-order valence-corrected chi connectivity index (χ2v) is 7.04. The van der Waals surface area contributed by atoms with Gasteiger partial charge in [0.1, 0.15) is 5.75 Å². The second-order valence-electron chi connectivity index (χ2n) is 7.04. The van der Waals surface area contributed by atoms with Crippen molar-refractivity contribution in [2.45, 2.75) is 20.4 Å². The summed E-state index contributed by atoms with van der Waals surface area (Å²) in [5, 5.41) is 8.82. The average Bonchev–Trinajstić information content (AvgIpc) is 2.79. The summed E-state index contributed by atoms with van der Waals surface area (Å²) in [6.07, 6.45) is 0. The van der Waals surface area contributed by atoms with Crippen LogP contribution < -0.4 is 20.7 Å². The largest absolute Gasteiger partial charge is 0.492 e. The Labute approximate surface area is 182 Å². The lowest BCUT2D eigenvalue weighted by molar-refractivity contribution is -0.114. The summed E-state index contributed by atoms with van der Waals surface area (Å²) in [6.45, 7) is 4.87. The number of amides is 2. The molecular weight excluding hydrogens is 390 g/mol. The van der Waals surface area contributed by atoms with Crippen LogP contribution in [0.2, 0.25) is 0 Å². The van der Waals surface area contributed by atoms with Gasteiger partial charge >= 0.3 is 0 Å². The van der Waals surface area contributed by atoms with Crippen LogP contribution in [-0.2, 0) is 11.3 Å².